The second-order valence-electron chi connectivity index (χ2n) is 3.17. The Morgan fingerprint density at radius 1 is 1.20 bits per heavy atom. The summed E-state index contributed by atoms with van der Waals surface area (Å²) in [5.74, 6) is 0. The fourth-order valence-electron chi connectivity index (χ4n) is 1.27. The van der Waals surface area contributed by atoms with Crippen molar-refractivity contribution in [2.45, 2.75) is 13.0 Å². The van der Waals surface area contributed by atoms with Crippen molar-refractivity contribution >= 4 is 54.5 Å². The molecule has 2 heterocycles. The number of aryl methyl sites for hydroxylation is 1. The topological polar surface area (TPSA) is 26.0 Å². The van der Waals surface area contributed by atoms with E-state index in [1.54, 1.807) is 22.7 Å². The highest BCUT2D eigenvalue weighted by Gasteiger charge is 2.14. The predicted molar refractivity (Wildman–Crippen MR) is 74.8 cm³/mol. The fraction of sp³-hybridized carbons (Fsp3) is 0.200. The summed E-state index contributed by atoms with van der Waals surface area (Å²) in [4.78, 5) is 3.67. The molecule has 1 unspecified atom stereocenters. The second kappa shape index (κ2) is 4.67. The molecule has 0 radical (unpaired) electrons. The van der Waals surface area contributed by atoms with Crippen LogP contribution in [0.3, 0.4) is 0 Å². The van der Waals surface area contributed by atoms with E-state index in [4.69, 9.17) is 5.73 Å². The van der Waals surface area contributed by atoms with Crippen LogP contribution in [0.25, 0.3) is 0 Å². The average molecular weight is 367 g/mol. The number of nitrogens with two attached hydrogens (primary N) is 1. The van der Waals surface area contributed by atoms with Crippen LogP contribution in [-0.2, 0) is 0 Å². The first-order valence-corrected chi connectivity index (χ1v) is 7.56. The van der Waals surface area contributed by atoms with E-state index in [2.05, 4.69) is 50.9 Å². The number of hydrogen-bond donors (Lipinski definition) is 1. The minimum Gasteiger partial charge on any atom is -0.319 e. The van der Waals surface area contributed by atoms with Gasteiger partial charge in [-0.05, 0) is 57.0 Å². The summed E-state index contributed by atoms with van der Waals surface area (Å²) in [6.07, 6.45) is 0. The monoisotopic (exact) mass is 365 g/mol. The lowest BCUT2D eigenvalue weighted by Crippen LogP contribution is -2.07. The maximum Gasteiger partial charge on any atom is 0.0740 e. The molecular weight excluding hydrogens is 358 g/mol. The largest absolute Gasteiger partial charge is 0.319 e. The molecule has 5 heteroatoms. The fourth-order valence-corrected chi connectivity index (χ4v) is 4.37. The lowest BCUT2D eigenvalue weighted by atomic mass is 10.2. The minimum atomic E-state index is -0.00343. The highest BCUT2D eigenvalue weighted by Crippen LogP contribution is 2.35. The molecule has 0 saturated heterocycles. The maximum absolute atomic E-state index is 6.19. The third kappa shape index (κ3) is 2.53. The quantitative estimate of drug-likeness (QED) is 0.819. The predicted octanol–water partition coefficient (Wildman–Crippen LogP) is 4.69. The third-order valence-corrected chi connectivity index (χ3v) is 6.01. The summed E-state index contributed by atoms with van der Waals surface area (Å²) in [6.45, 7) is 2.09. The van der Waals surface area contributed by atoms with Crippen LogP contribution >= 0.6 is 54.5 Å². The molecule has 0 saturated carbocycles. The van der Waals surface area contributed by atoms with Gasteiger partial charge in [-0.1, -0.05) is 0 Å². The lowest BCUT2D eigenvalue weighted by molar-refractivity contribution is 0.917. The van der Waals surface area contributed by atoms with Gasteiger partial charge in [0.15, 0.2) is 0 Å². The first-order valence-electron chi connectivity index (χ1n) is 4.34. The average Bonchev–Trinajstić information content (AvgIpc) is 2.74. The van der Waals surface area contributed by atoms with Gasteiger partial charge in [-0.25, -0.2) is 0 Å². The van der Waals surface area contributed by atoms with Crippen LogP contribution in [0, 0.1) is 6.92 Å². The molecule has 80 valence electrons. The highest BCUT2D eigenvalue weighted by atomic mass is 79.9. The molecule has 2 rings (SSSR count). The second-order valence-corrected chi connectivity index (χ2v) is 7.81. The summed E-state index contributed by atoms with van der Waals surface area (Å²) in [5.41, 5.74) is 6.19. The Morgan fingerprint density at radius 2 is 1.93 bits per heavy atom. The van der Waals surface area contributed by atoms with E-state index in [0.29, 0.717) is 0 Å². The van der Waals surface area contributed by atoms with Gasteiger partial charge in [-0.15, -0.1) is 22.7 Å². The van der Waals surface area contributed by atoms with Gasteiger partial charge in [0.1, 0.15) is 0 Å². The van der Waals surface area contributed by atoms with Crippen molar-refractivity contribution in [3.8, 4) is 0 Å². The zero-order chi connectivity index (χ0) is 11.0. The van der Waals surface area contributed by atoms with E-state index < -0.39 is 0 Å². The molecule has 0 bridgehead atoms. The van der Waals surface area contributed by atoms with E-state index in [-0.39, 0.29) is 6.04 Å². The smallest absolute Gasteiger partial charge is 0.0740 e. The molecule has 0 aliphatic carbocycles. The molecule has 0 fully saturated rings. The van der Waals surface area contributed by atoms with Gasteiger partial charge in [0.05, 0.1) is 9.83 Å². The lowest BCUT2D eigenvalue weighted by Gasteiger charge is -2.05. The van der Waals surface area contributed by atoms with Crippen molar-refractivity contribution in [2.75, 3.05) is 0 Å². The van der Waals surface area contributed by atoms with Crippen LogP contribution < -0.4 is 5.73 Å². The van der Waals surface area contributed by atoms with Crippen LogP contribution in [0.5, 0.6) is 0 Å². The molecule has 0 aliphatic rings. The van der Waals surface area contributed by atoms with Crippen molar-refractivity contribution in [3.05, 3.63) is 41.1 Å². The third-order valence-electron chi connectivity index (χ3n) is 2.08. The molecule has 0 amide bonds. The van der Waals surface area contributed by atoms with Crippen LogP contribution in [0.15, 0.2) is 26.5 Å². The van der Waals surface area contributed by atoms with Gasteiger partial charge >= 0.3 is 0 Å². The Morgan fingerprint density at radius 3 is 2.40 bits per heavy atom. The summed E-state index contributed by atoms with van der Waals surface area (Å²) in [6, 6.07) is 6.21. The molecular formula is C10H9Br2NS2. The van der Waals surface area contributed by atoms with Crippen molar-refractivity contribution in [3.63, 3.8) is 0 Å². The van der Waals surface area contributed by atoms with E-state index in [9.17, 15) is 0 Å². The van der Waals surface area contributed by atoms with Crippen LogP contribution in [-0.4, -0.2) is 0 Å². The van der Waals surface area contributed by atoms with E-state index in [1.165, 1.54) is 14.6 Å². The van der Waals surface area contributed by atoms with Crippen molar-refractivity contribution in [1.82, 2.24) is 0 Å². The molecule has 1 atom stereocenters. The van der Waals surface area contributed by atoms with Gasteiger partial charge in [-0.2, -0.15) is 0 Å². The molecule has 1 nitrogen and oxygen atoms in total. The molecule has 0 spiro atoms. The zero-order valence-corrected chi connectivity index (χ0v) is 12.8. The summed E-state index contributed by atoms with van der Waals surface area (Å²) in [5, 5.41) is 0. The summed E-state index contributed by atoms with van der Waals surface area (Å²) in [7, 11) is 0. The summed E-state index contributed by atoms with van der Waals surface area (Å²) < 4.78 is 2.27. The Kier molecular flexibility index (Phi) is 3.67. The van der Waals surface area contributed by atoms with E-state index in [1.807, 2.05) is 6.07 Å². The van der Waals surface area contributed by atoms with Gasteiger partial charge in [0.2, 0.25) is 0 Å². The number of hydrogen-bond acceptors (Lipinski definition) is 3. The molecule has 0 aliphatic heterocycles. The van der Waals surface area contributed by atoms with Gasteiger partial charge in [-0.3, -0.25) is 0 Å². The molecule has 0 aromatic carbocycles. The standard InChI is InChI=1S/C10H9Br2NS2/c1-5-6(11)4-8(14-5)10(13)7-2-3-9(12)15-7/h2-4,10H,13H2,1H3. The van der Waals surface area contributed by atoms with Crippen molar-refractivity contribution in [2.24, 2.45) is 5.73 Å². The zero-order valence-electron chi connectivity index (χ0n) is 7.96. The highest BCUT2D eigenvalue weighted by molar-refractivity contribution is 9.11. The first kappa shape index (κ1) is 11.8. The minimum absolute atomic E-state index is 0.00343. The number of thiophene rings is 2. The Labute approximate surface area is 114 Å². The normalized spacial score (nSPS) is 13.1. The Bertz CT molecular complexity index is 456. The SMILES string of the molecule is Cc1sc(C(N)c2ccc(Br)s2)cc1Br. The molecule has 2 aromatic heterocycles. The van der Waals surface area contributed by atoms with Crippen LogP contribution in [0.1, 0.15) is 20.7 Å². The Balaban J connectivity index is 2.31. The van der Waals surface area contributed by atoms with E-state index in [0.717, 1.165) is 8.26 Å². The van der Waals surface area contributed by atoms with Gasteiger partial charge < -0.3 is 5.73 Å². The molecule has 2 aromatic rings. The number of rotatable bonds is 2. The number of halogens is 2. The van der Waals surface area contributed by atoms with Gasteiger partial charge in [0.25, 0.3) is 0 Å². The van der Waals surface area contributed by atoms with Crippen molar-refractivity contribution in [1.29, 1.82) is 0 Å². The van der Waals surface area contributed by atoms with Crippen molar-refractivity contribution < 1.29 is 0 Å². The first-order chi connectivity index (χ1) is 7.08. The van der Waals surface area contributed by atoms with Gasteiger partial charge in [0, 0.05) is 19.1 Å². The van der Waals surface area contributed by atoms with E-state index >= 15 is 0 Å². The molecule has 2 N–H and O–H groups in total. The van der Waals surface area contributed by atoms with Crippen LogP contribution in [0.2, 0.25) is 0 Å². The Hall–Kier alpha value is 0.320. The molecule has 15 heavy (non-hydrogen) atoms. The maximum atomic E-state index is 6.19. The summed E-state index contributed by atoms with van der Waals surface area (Å²) >= 11 is 10.4. The van der Waals surface area contributed by atoms with Crippen LogP contribution in [0.4, 0.5) is 0 Å².